The number of nitrogens with zero attached hydrogens (tertiary/aromatic N) is 1. The summed E-state index contributed by atoms with van der Waals surface area (Å²) >= 11 is 0. The van der Waals surface area contributed by atoms with Crippen LogP contribution in [0.15, 0.2) is 10.7 Å². The molecule has 1 atom stereocenters. The third kappa shape index (κ3) is 3.26. The van der Waals surface area contributed by atoms with Gasteiger partial charge in [0.1, 0.15) is 12.2 Å². The first-order chi connectivity index (χ1) is 9.86. The number of amides is 1. The molecule has 1 N–H and O–H groups in total. The van der Waals surface area contributed by atoms with Gasteiger partial charge in [0.2, 0.25) is 0 Å². The lowest BCUT2D eigenvalue weighted by Crippen LogP contribution is -2.52. The van der Waals surface area contributed by atoms with Gasteiger partial charge in [0.15, 0.2) is 0 Å². The molecule has 116 valence electrons. The summed E-state index contributed by atoms with van der Waals surface area (Å²) in [6, 6.07) is 0. The van der Waals surface area contributed by atoms with Gasteiger partial charge in [-0.05, 0) is 20.3 Å². The van der Waals surface area contributed by atoms with E-state index in [9.17, 15) is 9.59 Å². The smallest absolute Gasteiger partial charge is 0.311 e. The normalized spacial score (nSPS) is 22.3. The van der Waals surface area contributed by atoms with E-state index in [-0.39, 0.29) is 23.7 Å². The van der Waals surface area contributed by atoms with Crippen molar-refractivity contribution < 1.29 is 23.8 Å². The summed E-state index contributed by atoms with van der Waals surface area (Å²) in [7, 11) is 0. The Hall–Kier alpha value is -1.82. The van der Waals surface area contributed by atoms with E-state index in [1.165, 1.54) is 6.26 Å². The molecule has 0 bridgehead atoms. The van der Waals surface area contributed by atoms with Crippen LogP contribution in [0.4, 0.5) is 0 Å². The Morgan fingerprint density at radius 1 is 1.48 bits per heavy atom. The molecule has 0 aliphatic carbocycles. The molecular formula is C15H21NO5. The second-order valence-corrected chi connectivity index (χ2v) is 5.67. The monoisotopic (exact) mass is 295 g/mol. The molecule has 1 saturated heterocycles. The molecule has 6 nitrogen and oxygen atoms in total. The van der Waals surface area contributed by atoms with Crippen molar-refractivity contribution in [1.82, 2.24) is 4.90 Å². The van der Waals surface area contributed by atoms with E-state index in [1.54, 1.807) is 11.8 Å². The molecule has 1 aromatic heterocycles. The first-order valence-electron chi connectivity index (χ1n) is 7.08. The minimum absolute atomic E-state index is 0.180. The van der Waals surface area contributed by atoms with Gasteiger partial charge in [-0.3, -0.25) is 9.59 Å². The molecule has 0 spiro atoms. The fourth-order valence-electron chi connectivity index (χ4n) is 2.53. The molecule has 2 rings (SSSR count). The van der Waals surface area contributed by atoms with Crippen LogP contribution < -0.4 is 0 Å². The van der Waals surface area contributed by atoms with E-state index in [0.717, 1.165) is 6.42 Å². The number of rotatable bonds is 4. The first-order valence-corrected chi connectivity index (χ1v) is 7.08. The zero-order chi connectivity index (χ0) is 15.6. The second kappa shape index (κ2) is 5.89. The van der Waals surface area contributed by atoms with Crippen molar-refractivity contribution in [3.05, 3.63) is 23.2 Å². The van der Waals surface area contributed by atoms with Crippen molar-refractivity contribution in [3.8, 4) is 0 Å². The second-order valence-electron chi connectivity index (χ2n) is 5.67. The number of carboxylic acids is 1. The molecule has 2 heterocycles. The summed E-state index contributed by atoms with van der Waals surface area (Å²) in [4.78, 5) is 25.3. The quantitative estimate of drug-likeness (QED) is 0.917. The number of aliphatic carboxylic acids is 1. The highest BCUT2D eigenvalue weighted by Crippen LogP contribution is 2.25. The molecule has 1 aromatic rings. The number of aryl methyl sites for hydroxylation is 1. The minimum atomic E-state index is -1.02. The number of morpholine rings is 1. The Morgan fingerprint density at radius 3 is 2.81 bits per heavy atom. The lowest BCUT2D eigenvalue weighted by Gasteiger charge is -2.40. The van der Waals surface area contributed by atoms with E-state index in [0.29, 0.717) is 30.8 Å². The molecule has 1 fully saturated rings. The number of carbonyl (C=O) groups is 2. The van der Waals surface area contributed by atoms with Crippen molar-refractivity contribution in [2.45, 2.75) is 39.2 Å². The van der Waals surface area contributed by atoms with Crippen LogP contribution in [0.2, 0.25) is 0 Å². The summed E-state index contributed by atoms with van der Waals surface area (Å²) in [5.41, 5.74) is 0.692. The molecule has 0 aromatic carbocycles. The average molecular weight is 295 g/mol. The Balaban J connectivity index is 2.24. The number of ether oxygens (including phenoxy) is 1. The predicted molar refractivity (Wildman–Crippen MR) is 75.3 cm³/mol. The van der Waals surface area contributed by atoms with Crippen molar-refractivity contribution >= 4 is 11.9 Å². The van der Waals surface area contributed by atoms with E-state index in [1.807, 2.05) is 13.8 Å². The zero-order valence-corrected chi connectivity index (χ0v) is 12.6. The minimum Gasteiger partial charge on any atom is -0.481 e. The first kappa shape index (κ1) is 15.6. The van der Waals surface area contributed by atoms with Gasteiger partial charge in [0, 0.05) is 18.7 Å². The van der Waals surface area contributed by atoms with Crippen molar-refractivity contribution in [2.75, 3.05) is 19.7 Å². The lowest BCUT2D eigenvalue weighted by atomic mass is 9.99. The number of hydrogen-bond donors (Lipinski definition) is 1. The highest BCUT2D eigenvalue weighted by Gasteiger charge is 2.34. The van der Waals surface area contributed by atoms with Crippen LogP contribution >= 0.6 is 0 Å². The molecule has 6 heteroatoms. The van der Waals surface area contributed by atoms with Crippen LogP contribution in [0, 0.1) is 6.92 Å². The molecule has 0 radical (unpaired) electrons. The highest BCUT2D eigenvalue weighted by atomic mass is 16.5. The van der Waals surface area contributed by atoms with Gasteiger partial charge in [-0.25, -0.2) is 0 Å². The van der Waals surface area contributed by atoms with Crippen LogP contribution in [0.5, 0.6) is 0 Å². The third-order valence-electron chi connectivity index (χ3n) is 3.95. The highest BCUT2D eigenvalue weighted by molar-refractivity contribution is 5.97. The van der Waals surface area contributed by atoms with Gasteiger partial charge in [-0.2, -0.15) is 0 Å². The van der Waals surface area contributed by atoms with E-state index >= 15 is 0 Å². The molecule has 21 heavy (non-hydrogen) atoms. The van der Waals surface area contributed by atoms with Gasteiger partial charge in [-0.15, -0.1) is 0 Å². The van der Waals surface area contributed by atoms with Crippen molar-refractivity contribution in [2.24, 2.45) is 0 Å². The SMILES string of the molecule is CCC1(C)CN(C(=O)c2c(C)coc2CC(=O)O)CCO1. The third-order valence-corrected chi connectivity index (χ3v) is 3.95. The predicted octanol–water partition coefficient (Wildman–Crippen LogP) is 1.86. The lowest BCUT2D eigenvalue weighted by molar-refractivity contribution is -0.136. The zero-order valence-electron chi connectivity index (χ0n) is 12.6. The number of furan rings is 1. The summed E-state index contributed by atoms with van der Waals surface area (Å²) < 4.78 is 11.0. The maximum atomic E-state index is 12.7. The fraction of sp³-hybridized carbons (Fsp3) is 0.600. The molecular weight excluding hydrogens is 274 g/mol. The van der Waals surface area contributed by atoms with Gasteiger partial charge in [-0.1, -0.05) is 6.92 Å². The van der Waals surface area contributed by atoms with Crippen LogP contribution in [0.25, 0.3) is 0 Å². The Kier molecular flexibility index (Phi) is 4.37. The van der Waals surface area contributed by atoms with Crippen LogP contribution in [0.1, 0.15) is 41.9 Å². The van der Waals surface area contributed by atoms with Crippen molar-refractivity contribution in [3.63, 3.8) is 0 Å². The molecule has 1 amide bonds. The van der Waals surface area contributed by atoms with E-state index in [4.69, 9.17) is 14.3 Å². The Labute approximate surface area is 123 Å². The molecule has 1 aliphatic rings. The number of carboxylic acid groups (broad SMARTS) is 1. The summed E-state index contributed by atoms with van der Waals surface area (Å²) in [5.74, 6) is -0.978. The molecule has 0 saturated carbocycles. The molecule has 1 aliphatic heterocycles. The fourth-order valence-corrected chi connectivity index (χ4v) is 2.53. The summed E-state index contributed by atoms with van der Waals surface area (Å²) in [6.45, 7) is 7.24. The summed E-state index contributed by atoms with van der Waals surface area (Å²) in [6.07, 6.45) is 1.96. The van der Waals surface area contributed by atoms with Gasteiger partial charge in [0.25, 0.3) is 5.91 Å². The average Bonchev–Trinajstić information content (AvgIpc) is 2.78. The van der Waals surface area contributed by atoms with E-state index in [2.05, 4.69) is 0 Å². The van der Waals surface area contributed by atoms with Crippen LogP contribution in [-0.4, -0.2) is 47.2 Å². The van der Waals surface area contributed by atoms with Crippen LogP contribution in [0.3, 0.4) is 0 Å². The van der Waals surface area contributed by atoms with Gasteiger partial charge >= 0.3 is 5.97 Å². The Morgan fingerprint density at radius 2 is 2.19 bits per heavy atom. The topological polar surface area (TPSA) is 80.0 Å². The van der Waals surface area contributed by atoms with Crippen molar-refractivity contribution in [1.29, 1.82) is 0 Å². The largest absolute Gasteiger partial charge is 0.481 e. The van der Waals surface area contributed by atoms with Gasteiger partial charge < -0.3 is 19.2 Å². The molecule has 1 unspecified atom stereocenters. The summed E-state index contributed by atoms with van der Waals surface area (Å²) in [5, 5.41) is 8.91. The number of hydrogen-bond acceptors (Lipinski definition) is 4. The maximum Gasteiger partial charge on any atom is 0.311 e. The maximum absolute atomic E-state index is 12.7. The Bertz CT molecular complexity index is 550. The van der Waals surface area contributed by atoms with E-state index < -0.39 is 5.97 Å². The standard InChI is InChI=1S/C15H21NO5/c1-4-15(3)9-16(5-6-21-15)14(19)13-10(2)8-20-11(13)7-12(17)18/h8H,4-7,9H2,1-3H3,(H,17,18). The van der Waals surface area contributed by atoms with Crippen LogP contribution in [-0.2, 0) is 16.0 Å². The van der Waals surface area contributed by atoms with Gasteiger partial charge in [0.05, 0.1) is 24.0 Å². The number of carbonyl (C=O) groups excluding carboxylic acids is 1.